The minimum Gasteiger partial charge on any atom is -0.511 e. The van der Waals surface area contributed by atoms with E-state index in [9.17, 15) is 9.90 Å². The Hall–Kier alpha value is -0.980. The van der Waals surface area contributed by atoms with Crippen LogP contribution in [0.5, 0.6) is 0 Å². The average Bonchev–Trinajstić information content (AvgIpc) is 2.83. The Morgan fingerprint density at radius 3 is 2.81 bits per heavy atom. The van der Waals surface area contributed by atoms with Crippen LogP contribution in [0.2, 0.25) is 0 Å². The molecule has 1 N–H and O–H groups in total. The van der Waals surface area contributed by atoms with Crippen LogP contribution >= 0.6 is 27.3 Å². The molecule has 4 nitrogen and oxygen atoms in total. The van der Waals surface area contributed by atoms with Gasteiger partial charge in [0, 0.05) is 36.4 Å². The van der Waals surface area contributed by atoms with Crippen LogP contribution in [0, 0.1) is 0 Å². The van der Waals surface area contributed by atoms with Crippen LogP contribution in [0.25, 0.3) is 0 Å². The summed E-state index contributed by atoms with van der Waals surface area (Å²) in [6, 6.07) is 3.99. The molecule has 0 saturated heterocycles. The third-order valence-electron chi connectivity index (χ3n) is 3.38. The number of hydrogen-bond donors (Lipinski definition) is 1. The van der Waals surface area contributed by atoms with Gasteiger partial charge in [-0.25, -0.2) is 0 Å². The average molecular weight is 371 g/mol. The van der Waals surface area contributed by atoms with Crippen LogP contribution in [0.1, 0.15) is 23.6 Å². The van der Waals surface area contributed by atoms with Gasteiger partial charge in [0.15, 0.2) is 5.78 Å². The lowest BCUT2D eigenvalue weighted by Gasteiger charge is -2.20. The largest absolute Gasteiger partial charge is 0.511 e. The SMILES string of the molecule is CN(C)CCN=CC1=C(O)CC(c2ccc(Br)s2)CC1=O. The number of likely N-dealkylation sites (N-methyl/N-ethyl adjacent to an activating group) is 1. The Balaban J connectivity index is 2.05. The molecule has 1 aliphatic carbocycles. The van der Waals surface area contributed by atoms with Crippen LogP contribution in [-0.2, 0) is 4.79 Å². The fraction of sp³-hybridized carbons (Fsp3) is 0.467. The van der Waals surface area contributed by atoms with Crippen LogP contribution in [0.4, 0.5) is 0 Å². The molecule has 1 aromatic rings. The monoisotopic (exact) mass is 370 g/mol. The van der Waals surface area contributed by atoms with E-state index in [0.29, 0.717) is 25.0 Å². The molecule has 0 aliphatic heterocycles. The van der Waals surface area contributed by atoms with Crippen molar-refractivity contribution >= 4 is 39.3 Å². The van der Waals surface area contributed by atoms with Gasteiger partial charge in [0.1, 0.15) is 5.76 Å². The lowest BCUT2D eigenvalue weighted by molar-refractivity contribution is -0.116. The lowest BCUT2D eigenvalue weighted by atomic mass is 9.86. The second-order valence-corrected chi connectivity index (χ2v) is 7.86. The Bertz CT molecular complexity index is 578. The highest BCUT2D eigenvalue weighted by Gasteiger charge is 2.28. The lowest BCUT2D eigenvalue weighted by Crippen LogP contribution is -2.19. The van der Waals surface area contributed by atoms with E-state index in [-0.39, 0.29) is 17.5 Å². The van der Waals surface area contributed by atoms with Gasteiger partial charge >= 0.3 is 0 Å². The molecule has 0 fully saturated rings. The van der Waals surface area contributed by atoms with E-state index < -0.39 is 0 Å². The second-order valence-electron chi connectivity index (χ2n) is 5.37. The summed E-state index contributed by atoms with van der Waals surface area (Å²) >= 11 is 5.04. The summed E-state index contributed by atoms with van der Waals surface area (Å²) in [6.07, 6.45) is 2.47. The minimum absolute atomic E-state index is 0.0260. The zero-order valence-corrected chi connectivity index (χ0v) is 14.6. The zero-order chi connectivity index (χ0) is 15.4. The molecule has 0 spiro atoms. The first-order valence-corrected chi connectivity index (χ1v) is 8.43. The smallest absolute Gasteiger partial charge is 0.168 e. The fourth-order valence-electron chi connectivity index (χ4n) is 2.22. The molecular weight excluding hydrogens is 352 g/mol. The number of Topliss-reactive ketones (excluding diaryl/α,β-unsaturated/α-hetero) is 1. The van der Waals surface area contributed by atoms with Crippen molar-refractivity contribution in [2.24, 2.45) is 4.99 Å². The summed E-state index contributed by atoms with van der Waals surface area (Å²) < 4.78 is 1.05. The fourth-order valence-corrected chi connectivity index (χ4v) is 3.74. The first kappa shape index (κ1) is 16.4. The van der Waals surface area contributed by atoms with Gasteiger partial charge in [-0.3, -0.25) is 9.79 Å². The van der Waals surface area contributed by atoms with E-state index >= 15 is 0 Å². The number of ketones is 1. The third kappa shape index (κ3) is 4.49. The molecule has 0 saturated carbocycles. The van der Waals surface area contributed by atoms with E-state index in [1.54, 1.807) is 11.3 Å². The maximum Gasteiger partial charge on any atom is 0.168 e. The molecule has 0 aromatic carbocycles. The molecule has 1 atom stereocenters. The standard InChI is InChI=1S/C15H19BrN2O2S/c1-18(2)6-5-17-9-11-12(19)7-10(8-13(11)20)14-3-4-15(16)21-14/h3-4,9-10,19H,5-8H2,1-2H3. The highest BCUT2D eigenvalue weighted by atomic mass is 79.9. The molecule has 0 radical (unpaired) electrons. The summed E-state index contributed by atoms with van der Waals surface area (Å²) in [5, 5.41) is 10.1. The zero-order valence-electron chi connectivity index (χ0n) is 12.2. The number of aliphatic hydroxyl groups excluding tert-OH is 1. The van der Waals surface area contributed by atoms with Crippen molar-refractivity contribution in [2.45, 2.75) is 18.8 Å². The van der Waals surface area contributed by atoms with Gasteiger partial charge in [0.2, 0.25) is 0 Å². The van der Waals surface area contributed by atoms with E-state index in [2.05, 4.69) is 20.9 Å². The summed E-state index contributed by atoms with van der Waals surface area (Å²) in [5.41, 5.74) is 0.376. The number of allylic oxidation sites excluding steroid dienone is 2. The Labute approximate surface area is 137 Å². The van der Waals surface area contributed by atoms with Gasteiger partial charge in [0.05, 0.1) is 15.9 Å². The first-order valence-electron chi connectivity index (χ1n) is 6.82. The molecule has 1 heterocycles. The summed E-state index contributed by atoms with van der Waals surface area (Å²) in [7, 11) is 3.95. The van der Waals surface area contributed by atoms with Gasteiger partial charge in [0.25, 0.3) is 0 Å². The normalized spacial score (nSPS) is 20.0. The quantitative estimate of drug-likeness (QED) is 0.808. The predicted octanol–water partition coefficient (Wildman–Crippen LogP) is 3.40. The Kier molecular flexibility index (Phi) is 5.72. The topological polar surface area (TPSA) is 52.9 Å². The minimum atomic E-state index is -0.0260. The number of nitrogens with zero attached hydrogens (tertiary/aromatic N) is 2. The van der Waals surface area contributed by atoms with Gasteiger partial charge < -0.3 is 10.0 Å². The van der Waals surface area contributed by atoms with Crippen molar-refractivity contribution in [1.82, 2.24) is 4.90 Å². The van der Waals surface area contributed by atoms with Gasteiger partial charge in [-0.2, -0.15) is 0 Å². The van der Waals surface area contributed by atoms with E-state index in [0.717, 1.165) is 15.2 Å². The highest BCUT2D eigenvalue weighted by molar-refractivity contribution is 9.11. The number of aliphatic hydroxyl groups is 1. The van der Waals surface area contributed by atoms with E-state index in [4.69, 9.17) is 0 Å². The van der Waals surface area contributed by atoms with Crippen LogP contribution < -0.4 is 0 Å². The van der Waals surface area contributed by atoms with E-state index in [1.165, 1.54) is 6.21 Å². The molecule has 114 valence electrons. The van der Waals surface area contributed by atoms with Crippen molar-refractivity contribution in [1.29, 1.82) is 0 Å². The van der Waals surface area contributed by atoms with Crippen LogP contribution in [0.3, 0.4) is 0 Å². The Morgan fingerprint density at radius 1 is 1.48 bits per heavy atom. The third-order valence-corrected chi connectivity index (χ3v) is 5.16. The number of halogens is 1. The molecule has 1 unspecified atom stereocenters. The van der Waals surface area contributed by atoms with Crippen molar-refractivity contribution in [2.75, 3.05) is 27.2 Å². The van der Waals surface area contributed by atoms with Crippen LogP contribution in [0.15, 0.2) is 32.2 Å². The second kappa shape index (κ2) is 7.33. The predicted molar refractivity (Wildman–Crippen MR) is 90.6 cm³/mol. The highest BCUT2D eigenvalue weighted by Crippen LogP contribution is 2.37. The molecule has 1 aliphatic rings. The molecule has 6 heteroatoms. The molecule has 2 rings (SSSR count). The van der Waals surface area contributed by atoms with Gasteiger partial charge in [-0.1, -0.05) is 0 Å². The van der Waals surface area contributed by atoms with E-state index in [1.807, 2.05) is 31.1 Å². The van der Waals surface area contributed by atoms with Crippen molar-refractivity contribution in [3.8, 4) is 0 Å². The summed E-state index contributed by atoms with van der Waals surface area (Å²) in [4.78, 5) is 19.6. The number of aliphatic imine (C=N–C) groups is 1. The Morgan fingerprint density at radius 2 is 2.24 bits per heavy atom. The number of rotatable bonds is 5. The maximum atomic E-state index is 12.2. The van der Waals surface area contributed by atoms with Crippen LogP contribution in [-0.4, -0.2) is 49.2 Å². The molecule has 1 aromatic heterocycles. The summed E-state index contributed by atoms with van der Waals surface area (Å²) in [5.74, 6) is 0.212. The van der Waals surface area contributed by atoms with Gasteiger partial charge in [-0.05, 0) is 42.2 Å². The number of carbonyl (C=O) groups is 1. The first-order chi connectivity index (χ1) is 9.97. The van der Waals surface area contributed by atoms with Crippen molar-refractivity contribution in [3.05, 3.63) is 32.1 Å². The number of thiophene rings is 1. The van der Waals surface area contributed by atoms with Crippen molar-refractivity contribution in [3.63, 3.8) is 0 Å². The molecular formula is C15H19BrN2O2S. The maximum absolute atomic E-state index is 12.2. The summed E-state index contributed by atoms with van der Waals surface area (Å²) in [6.45, 7) is 1.45. The number of carbonyl (C=O) groups excluding carboxylic acids is 1. The van der Waals surface area contributed by atoms with Gasteiger partial charge in [-0.15, -0.1) is 11.3 Å². The number of hydrogen-bond acceptors (Lipinski definition) is 5. The molecule has 0 amide bonds. The van der Waals surface area contributed by atoms with Crippen molar-refractivity contribution < 1.29 is 9.90 Å². The molecule has 21 heavy (non-hydrogen) atoms. The molecule has 0 bridgehead atoms.